The molecule has 0 radical (unpaired) electrons. The van der Waals surface area contributed by atoms with Gasteiger partial charge in [0, 0.05) is 6.04 Å². The average molecular weight is 289 g/mol. The Morgan fingerprint density at radius 1 is 1.00 bits per heavy atom. The second kappa shape index (κ2) is 6.83. The lowest BCUT2D eigenvalue weighted by atomic mass is 9.96. The third-order valence-corrected chi connectivity index (χ3v) is 4.25. The van der Waals surface area contributed by atoms with E-state index in [0.29, 0.717) is 17.5 Å². The zero-order chi connectivity index (χ0) is 14.5. The third kappa shape index (κ3) is 3.69. The summed E-state index contributed by atoms with van der Waals surface area (Å²) in [5.41, 5.74) is 0. The molecule has 1 N–H and O–H groups in total. The summed E-state index contributed by atoms with van der Waals surface area (Å²) in [5.74, 6) is 1.32. The van der Waals surface area contributed by atoms with E-state index in [1.807, 2.05) is 24.3 Å². The number of amides is 1. The Bertz CT molecular complexity index is 481. The van der Waals surface area contributed by atoms with Gasteiger partial charge in [0.05, 0.1) is 0 Å². The SMILES string of the molecule is O=C(NC1CCCCCCC1)[C@@H]1COc2ccccc2O1. The molecule has 1 saturated carbocycles. The van der Waals surface area contributed by atoms with Gasteiger partial charge in [0.1, 0.15) is 6.61 Å². The Morgan fingerprint density at radius 3 is 2.43 bits per heavy atom. The molecule has 0 spiro atoms. The van der Waals surface area contributed by atoms with Crippen LogP contribution in [0.2, 0.25) is 0 Å². The first-order chi connectivity index (χ1) is 10.3. The fourth-order valence-electron chi connectivity index (χ4n) is 3.04. The second-order valence-electron chi connectivity index (χ2n) is 5.91. The molecule has 1 heterocycles. The molecule has 2 aliphatic rings. The molecule has 1 aromatic rings. The Labute approximate surface area is 125 Å². The quantitative estimate of drug-likeness (QED) is 0.910. The average Bonchev–Trinajstić information content (AvgIpc) is 2.49. The number of fused-ring (bicyclic) bond motifs is 1. The summed E-state index contributed by atoms with van der Waals surface area (Å²) < 4.78 is 11.4. The summed E-state index contributed by atoms with van der Waals surface area (Å²) in [6, 6.07) is 7.77. The van der Waals surface area contributed by atoms with Gasteiger partial charge in [-0.15, -0.1) is 0 Å². The fraction of sp³-hybridized carbons (Fsp3) is 0.588. The van der Waals surface area contributed by atoms with Crippen LogP contribution in [0.4, 0.5) is 0 Å². The van der Waals surface area contributed by atoms with Gasteiger partial charge in [-0.25, -0.2) is 0 Å². The van der Waals surface area contributed by atoms with Crippen LogP contribution in [0, 0.1) is 0 Å². The summed E-state index contributed by atoms with van der Waals surface area (Å²) in [6.07, 6.45) is 7.92. The predicted molar refractivity (Wildman–Crippen MR) is 80.6 cm³/mol. The van der Waals surface area contributed by atoms with Gasteiger partial charge in [-0.2, -0.15) is 0 Å². The summed E-state index contributed by atoms with van der Waals surface area (Å²) in [7, 11) is 0. The maximum atomic E-state index is 12.4. The van der Waals surface area contributed by atoms with Crippen molar-refractivity contribution in [3.8, 4) is 11.5 Å². The van der Waals surface area contributed by atoms with E-state index in [1.54, 1.807) is 0 Å². The molecule has 1 amide bonds. The van der Waals surface area contributed by atoms with Crippen molar-refractivity contribution >= 4 is 5.91 Å². The van der Waals surface area contributed by atoms with Crippen LogP contribution in [0.15, 0.2) is 24.3 Å². The van der Waals surface area contributed by atoms with Crippen molar-refractivity contribution in [2.45, 2.75) is 57.1 Å². The van der Waals surface area contributed by atoms with Crippen LogP contribution in [0.25, 0.3) is 0 Å². The molecule has 4 heteroatoms. The zero-order valence-electron chi connectivity index (χ0n) is 12.3. The van der Waals surface area contributed by atoms with Crippen molar-refractivity contribution in [1.82, 2.24) is 5.32 Å². The molecule has 1 fully saturated rings. The zero-order valence-corrected chi connectivity index (χ0v) is 12.3. The number of para-hydroxylation sites is 2. The normalized spacial score (nSPS) is 23.0. The first-order valence-corrected chi connectivity index (χ1v) is 8.02. The number of ether oxygens (including phenoxy) is 2. The number of carbonyl (C=O) groups is 1. The highest BCUT2D eigenvalue weighted by atomic mass is 16.6. The van der Waals surface area contributed by atoms with Crippen LogP contribution in [0.3, 0.4) is 0 Å². The molecule has 4 nitrogen and oxygen atoms in total. The van der Waals surface area contributed by atoms with Crippen molar-refractivity contribution in [3.05, 3.63) is 24.3 Å². The van der Waals surface area contributed by atoms with E-state index in [2.05, 4.69) is 5.32 Å². The molecule has 1 aliphatic heterocycles. The molecule has 21 heavy (non-hydrogen) atoms. The molecular formula is C17H23NO3. The highest BCUT2D eigenvalue weighted by molar-refractivity contribution is 5.82. The molecule has 3 rings (SSSR count). The molecule has 1 aromatic carbocycles. The van der Waals surface area contributed by atoms with Gasteiger partial charge in [0.15, 0.2) is 11.5 Å². The Morgan fingerprint density at radius 2 is 1.67 bits per heavy atom. The van der Waals surface area contributed by atoms with Crippen molar-refractivity contribution in [2.75, 3.05) is 6.61 Å². The summed E-state index contributed by atoms with van der Waals surface area (Å²) in [6.45, 7) is 0.287. The van der Waals surface area contributed by atoms with Gasteiger partial charge in [-0.3, -0.25) is 4.79 Å². The van der Waals surface area contributed by atoms with Crippen LogP contribution in [-0.2, 0) is 4.79 Å². The lowest BCUT2D eigenvalue weighted by molar-refractivity contribution is -0.131. The lowest BCUT2D eigenvalue weighted by Gasteiger charge is -2.28. The van der Waals surface area contributed by atoms with Crippen molar-refractivity contribution in [3.63, 3.8) is 0 Å². The molecule has 1 aliphatic carbocycles. The highest BCUT2D eigenvalue weighted by Crippen LogP contribution is 2.31. The second-order valence-corrected chi connectivity index (χ2v) is 5.91. The van der Waals surface area contributed by atoms with Gasteiger partial charge < -0.3 is 14.8 Å². The largest absolute Gasteiger partial charge is 0.485 e. The van der Waals surface area contributed by atoms with Gasteiger partial charge in [-0.05, 0) is 25.0 Å². The number of carbonyl (C=O) groups excluding carboxylic acids is 1. The maximum absolute atomic E-state index is 12.4. The number of nitrogens with one attached hydrogen (secondary N) is 1. The van der Waals surface area contributed by atoms with Crippen LogP contribution in [0.5, 0.6) is 11.5 Å². The summed E-state index contributed by atoms with van der Waals surface area (Å²) in [4.78, 5) is 12.4. The first-order valence-electron chi connectivity index (χ1n) is 8.02. The summed E-state index contributed by atoms with van der Waals surface area (Å²) >= 11 is 0. The molecule has 0 aromatic heterocycles. The number of hydrogen-bond donors (Lipinski definition) is 1. The third-order valence-electron chi connectivity index (χ3n) is 4.25. The first kappa shape index (κ1) is 14.2. The van der Waals surface area contributed by atoms with Crippen molar-refractivity contribution in [2.24, 2.45) is 0 Å². The molecular weight excluding hydrogens is 266 g/mol. The summed E-state index contributed by atoms with van der Waals surface area (Å²) in [5, 5.41) is 3.14. The van der Waals surface area contributed by atoms with Crippen LogP contribution >= 0.6 is 0 Å². The Balaban J connectivity index is 1.56. The van der Waals surface area contributed by atoms with E-state index in [4.69, 9.17) is 9.47 Å². The molecule has 0 saturated heterocycles. The van der Waals surface area contributed by atoms with Crippen molar-refractivity contribution < 1.29 is 14.3 Å². The Kier molecular flexibility index (Phi) is 4.63. The lowest BCUT2D eigenvalue weighted by Crippen LogP contribution is -2.47. The minimum Gasteiger partial charge on any atom is -0.485 e. The minimum atomic E-state index is -0.537. The van der Waals surface area contributed by atoms with Gasteiger partial charge in [0.2, 0.25) is 6.10 Å². The Hall–Kier alpha value is -1.71. The predicted octanol–water partition coefficient (Wildman–Crippen LogP) is 3.06. The van der Waals surface area contributed by atoms with Crippen molar-refractivity contribution in [1.29, 1.82) is 0 Å². The molecule has 0 bridgehead atoms. The fourth-order valence-corrected chi connectivity index (χ4v) is 3.04. The number of rotatable bonds is 2. The maximum Gasteiger partial charge on any atom is 0.264 e. The monoisotopic (exact) mass is 289 g/mol. The minimum absolute atomic E-state index is 0.0462. The number of benzene rings is 1. The van der Waals surface area contributed by atoms with Crippen LogP contribution < -0.4 is 14.8 Å². The molecule has 1 atom stereocenters. The van der Waals surface area contributed by atoms with E-state index in [9.17, 15) is 4.79 Å². The van der Waals surface area contributed by atoms with E-state index in [-0.39, 0.29) is 12.5 Å². The molecule has 114 valence electrons. The van der Waals surface area contributed by atoms with Crippen LogP contribution in [-0.4, -0.2) is 24.7 Å². The van der Waals surface area contributed by atoms with Gasteiger partial charge in [0.25, 0.3) is 5.91 Å². The van der Waals surface area contributed by atoms with Gasteiger partial charge >= 0.3 is 0 Å². The van der Waals surface area contributed by atoms with E-state index >= 15 is 0 Å². The topological polar surface area (TPSA) is 47.6 Å². The van der Waals surface area contributed by atoms with Crippen LogP contribution in [0.1, 0.15) is 44.9 Å². The number of hydrogen-bond acceptors (Lipinski definition) is 3. The smallest absolute Gasteiger partial charge is 0.264 e. The molecule has 0 unspecified atom stereocenters. The van der Waals surface area contributed by atoms with E-state index < -0.39 is 6.10 Å². The van der Waals surface area contributed by atoms with E-state index in [1.165, 1.54) is 32.1 Å². The highest BCUT2D eigenvalue weighted by Gasteiger charge is 2.28. The van der Waals surface area contributed by atoms with E-state index in [0.717, 1.165) is 12.8 Å². The van der Waals surface area contributed by atoms with Gasteiger partial charge in [-0.1, -0.05) is 44.2 Å². The standard InChI is InChI=1S/C17H23NO3/c19-17(18-13-8-4-2-1-3-5-9-13)16-12-20-14-10-6-7-11-15(14)21-16/h6-7,10-11,13,16H,1-5,8-9,12H2,(H,18,19)/t16-/m0/s1.